The number of hydrogen-bond donors (Lipinski definition) is 1. The van der Waals surface area contributed by atoms with E-state index in [1.165, 1.54) is 5.56 Å². The molecule has 4 nitrogen and oxygen atoms in total. The maximum atomic E-state index is 12.1. The minimum absolute atomic E-state index is 0.0508. The van der Waals surface area contributed by atoms with Gasteiger partial charge in [0.15, 0.2) is 0 Å². The summed E-state index contributed by atoms with van der Waals surface area (Å²) in [6.45, 7) is 10.6. The molecule has 1 fully saturated rings. The number of carbonyl (C=O) groups excluding carboxylic acids is 1. The van der Waals surface area contributed by atoms with E-state index in [0.717, 1.165) is 31.7 Å². The SMILES string of the molecule is Cc1cccc(CNC(=O)N2CCN(C(C)C)CC2)c1. The first kappa shape index (κ1) is 14.9. The molecule has 1 saturated heterocycles. The van der Waals surface area contributed by atoms with Crippen molar-refractivity contribution in [3.05, 3.63) is 35.4 Å². The minimum atomic E-state index is 0.0508. The molecule has 2 rings (SSSR count). The maximum Gasteiger partial charge on any atom is 0.317 e. The molecule has 20 heavy (non-hydrogen) atoms. The molecule has 1 N–H and O–H groups in total. The van der Waals surface area contributed by atoms with Crippen LogP contribution < -0.4 is 5.32 Å². The molecule has 0 aliphatic carbocycles. The zero-order valence-electron chi connectivity index (χ0n) is 12.7. The first-order valence-electron chi connectivity index (χ1n) is 7.38. The molecular formula is C16H25N3O. The first-order chi connectivity index (χ1) is 9.56. The largest absolute Gasteiger partial charge is 0.334 e. The normalized spacial score (nSPS) is 16.5. The van der Waals surface area contributed by atoms with E-state index in [9.17, 15) is 4.79 Å². The molecule has 0 spiro atoms. The summed E-state index contributed by atoms with van der Waals surface area (Å²) >= 11 is 0. The number of hydrogen-bond acceptors (Lipinski definition) is 2. The molecule has 0 atom stereocenters. The summed E-state index contributed by atoms with van der Waals surface area (Å²) in [5, 5.41) is 3.01. The van der Waals surface area contributed by atoms with Gasteiger partial charge in [0.05, 0.1) is 0 Å². The van der Waals surface area contributed by atoms with Crippen LogP contribution in [0.1, 0.15) is 25.0 Å². The highest BCUT2D eigenvalue weighted by Gasteiger charge is 2.21. The molecule has 0 saturated carbocycles. The van der Waals surface area contributed by atoms with Crippen molar-refractivity contribution < 1.29 is 4.79 Å². The number of rotatable bonds is 3. The molecular weight excluding hydrogens is 250 g/mol. The number of nitrogens with one attached hydrogen (secondary N) is 1. The summed E-state index contributed by atoms with van der Waals surface area (Å²) in [5.41, 5.74) is 2.38. The second-order valence-electron chi connectivity index (χ2n) is 5.76. The third kappa shape index (κ3) is 3.97. The zero-order chi connectivity index (χ0) is 14.5. The van der Waals surface area contributed by atoms with Gasteiger partial charge in [-0.2, -0.15) is 0 Å². The Balaban J connectivity index is 1.78. The van der Waals surface area contributed by atoms with E-state index in [4.69, 9.17) is 0 Å². The number of benzene rings is 1. The van der Waals surface area contributed by atoms with Crippen LogP contribution in [0.5, 0.6) is 0 Å². The monoisotopic (exact) mass is 275 g/mol. The lowest BCUT2D eigenvalue weighted by Crippen LogP contribution is -2.53. The molecule has 1 aliphatic rings. The fourth-order valence-corrected chi connectivity index (χ4v) is 2.55. The van der Waals surface area contributed by atoms with Gasteiger partial charge in [0.1, 0.15) is 0 Å². The summed E-state index contributed by atoms with van der Waals surface area (Å²) in [6.07, 6.45) is 0. The van der Waals surface area contributed by atoms with Crippen molar-refractivity contribution in [2.24, 2.45) is 0 Å². The van der Waals surface area contributed by atoms with Crippen LogP contribution in [0.3, 0.4) is 0 Å². The highest BCUT2D eigenvalue weighted by molar-refractivity contribution is 5.74. The van der Waals surface area contributed by atoms with E-state index in [-0.39, 0.29) is 6.03 Å². The second-order valence-corrected chi connectivity index (χ2v) is 5.76. The van der Waals surface area contributed by atoms with Gasteiger partial charge in [-0.1, -0.05) is 29.8 Å². The number of urea groups is 1. The van der Waals surface area contributed by atoms with E-state index in [1.807, 2.05) is 17.0 Å². The van der Waals surface area contributed by atoms with Crippen LogP contribution in [0.4, 0.5) is 4.79 Å². The van der Waals surface area contributed by atoms with Crippen LogP contribution in [-0.4, -0.2) is 48.1 Å². The molecule has 0 aromatic heterocycles. The van der Waals surface area contributed by atoms with Crippen molar-refractivity contribution in [1.82, 2.24) is 15.1 Å². The highest BCUT2D eigenvalue weighted by Crippen LogP contribution is 2.07. The van der Waals surface area contributed by atoms with E-state index in [1.54, 1.807) is 0 Å². The van der Waals surface area contributed by atoms with Crippen molar-refractivity contribution in [2.45, 2.75) is 33.4 Å². The van der Waals surface area contributed by atoms with Gasteiger partial charge in [-0.3, -0.25) is 4.90 Å². The average molecular weight is 275 g/mol. The van der Waals surface area contributed by atoms with Gasteiger partial charge in [-0.15, -0.1) is 0 Å². The number of aryl methyl sites for hydroxylation is 1. The zero-order valence-corrected chi connectivity index (χ0v) is 12.7. The van der Waals surface area contributed by atoms with Crippen molar-refractivity contribution in [1.29, 1.82) is 0 Å². The molecule has 0 unspecified atom stereocenters. The topological polar surface area (TPSA) is 35.6 Å². The van der Waals surface area contributed by atoms with Gasteiger partial charge in [0.25, 0.3) is 0 Å². The lowest BCUT2D eigenvalue weighted by molar-refractivity contribution is 0.119. The first-order valence-corrected chi connectivity index (χ1v) is 7.38. The van der Waals surface area contributed by atoms with Crippen LogP contribution in [-0.2, 0) is 6.54 Å². The smallest absolute Gasteiger partial charge is 0.317 e. The Morgan fingerprint density at radius 2 is 1.95 bits per heavy atom. The Hall–Kier alpha value is -1.55. The van der Waals surface area contributed by atoms with Gasteiger partial charge in [-0.25, -0.2) is 4.79 Å². The molecule has 1 aromatic rings. The van der Waals surface area contributed by atoms with Gasteiger partial charge >= 0.3 is 6.03 Å². The van der Waals surface area contributed by atoms with Gasteiger partial charge in [-0.05, 0) is 26.3 Å². The predicted molar refractivity (Wildman–Crippen MR) is 81.7 cm³/mol. The molecule has 4 heteroatoms. The maximum absolute atomic E-state index is 12.1. The molecule has 1 heterocycles. The van der Waals surface area contributed by atoms with Crippen LogP contribution in [0, 0.1) is 6.92 Å². The Labute approximate surface area is 121 Å². The lowest BCUT2D eigenvalue weighted by Gasteiger charge is -2.36. The van der Waals surface area contributed by atoms with Crippen LogP contribution >= 0.6 is 0 Å². The number of piperazine rings is 1. The Bertz CT molecular complexity index is 451. The van der Waals surface area contributed by atoms with Crippen molar-refractivity contribution >= 4 is 6.03 Å². The van der Waals surface area contributed by atoms with Crippen LogP contribution in [0.25, 0.3) is 0 Å². The standard InChI is InChI=1S/C16H25N3O/c1-13(2)18-7-9-19(10-8-18)16(20)17-12-15-6-4-5-14(3)11-15/h4-6,11,13H,7-10,12H2,1-3H3,(H,17,20). The van der Waals surface area contributed by atoms with E-state index < -0.39 is 0 Å². The summed E-state index contributed by atoms with van der Waals surface area (Å²) in [6, 6.07) is 8.86. The molecule has 2 amide bonds. The molecule has 1 aliphatic heterocycles. The summed E-state index contributed by atoms with van der Waals surface area (Å²) in [4.78, 5) is 16.4. The minimum Gasteiger partial charge on any atom is -0.334 e. The third-order valence-corrected chi connectivity index (χ3v) is 3.86. The molecule has 0 radical (unpaired) electrons. The Morgan fingerprint density at radius 1 is 1.25 bits per heavy atom. The summed E-state index contributed by atoms with van der Waals surface area (Å²) < 4.78 is 0. The molecule has 1 aromatic carbocycles. The number of nitrogens with zero attached hydrogens (tertiary/aromatic N) is 2. The lowest BCUT2D eigenvalue weighted by atomic mass is 10.1. The molecule has 0 bridgehead atoms. The van der Waals surface area contributed by atoms with E-state index in [2.05, 4.69) is 43.1 Å². The Morgan fingerprint density at radius 3 is 2.55 bits per heavy atom. The Kier molecular flexibility index (Phi) is 5.01. The second kappa shape index (κ2) is 6.75. The number of amides is 2. The fraction of sp³-hybridized carbons (Fsp3) is 0.562. The van der Waals surface area contributed by atoms with Crippen molar-refractivity contribution in [3.63, 3.8) is 0 Å². The highest BCUT2D eigenvalue weighted by atomic mass is 16.2. The van der Waals surface area contributed by atoms with E-state index >= 15 is 0 Å². The summed E-state index contributed by atoms with van der Waals surface area (Å²) in [7, 11) is 0. The third-order valence-electron chi connectivity index (χ3n) is 3.86. The summed E-state index contributed by atoms with van der Waals surface area (Å²) in [5.74, 6) is 0. The van der Waals surface area contributed by atoms with Crippen molar-refractivity contribution in [3.8, 4) is 0 Å². The van der Waals surface area contributed by atoms with Crippen LogP contribution in [0.2, 0.25) is 0 Å². The predicted octanol–water partition coefficient (Wildman–Crippen LogP) is 2.23. The van der Waals surface area contributed by atoms with Gasteiger partial charge in [0, 0.05) is 38.8 Å². The van der Waals surface area contributed by atoms with Crippen molar-refractivity contribution in [2.75, 3.05) is 26.2 Å². The fourth-order valence-electron chi connectivity index (χ4n) is 2.55. The average Bonchev–Trinajstić information content (AvgIpc) is 2.45. The quantitative estimate of drug-likeness (QED) is 0.918. The number of carbonyl (C=O) groups is 1. The van der Waals surface area contributed by atoms with Gasteiger partial charge in [0.2, 0.25) is 0 Å². The van der Waals surface area contributed by atoms with Crippen LogP contribution in [0.15, 0.2) is 24.3 Å². The van der Waals surface area contributed by atoms with Gasteiger partial charge < -0.3 is 10.2 Å². The molecule has 110 valence electrons. The van der Waals surface area contributed by atoms with E-state index in [0.29, 0.717) is 12.6 Å².